The van der Waals surface area contributed by atoms with Crippen LogP contribution in [0.25, 0.3) is 10.2 Å². The number of nitrogens with zero attached hydrogens (tertiary/aromatic N) is 6. The normalized spacial score (nSPS) is 20.0. The van der Waals surface area contributed by atoms with Gasteiger partial charge in [0, 0.05) is 45.0 Å². The van der Waals surface area contributed by atoms with E-state index in [9.17, 15) is 9.59 Å². The molecule has 0 radical (unpaired) electrons. The van der Waals surface area contributed by atoms with E-state index in [1.807, 2.05) is 34.0 Å². The average Bonchev–Trinajstić information content (AvgIpc) is 3.48. The van der Waals surface area contributed by atoms with E-state index in [1.165, 1.54) is 0 Å². The highest BCUT2D eigenvalue weighted by Gasteiger charge is 2.31. The minimum absolute atomic E-state index is 0.00114. The van der Waals surface area contributed by atoms with E-state index in [0.717, 1.165) is 28.9 Å². The van der Waals surface area contributed by atoms with Crippen molar-refractivity contribution in [3.8, 4) is 0 Å². The van der Waals surface area contributed by atoms with Crippen LogP contribution in [-0.4, -0.2) is 69.7 Å². The largest absolute Gasteiger partial charge is 0.336 e. The lowest BCUT2D eigenvalue weighted by Crippen LogP contribution is -2.29. The summed E-state index contributed by atoms with van der Waals surface area (Å²) in [6.07, 6.45) is 4.50. The standard InChI is InChI=1S/C19H20N6O2S/c1-22-6-7-24(19(22)27)15-9-21-25(11-15)14-4-5-23(10-14)18(26)13-2-3-16-17(8-13)28-12-20-16/h2-3,8-9,11-12,14H,4-7,10H2,1H3. The fourth-order valence-corrected chi connectivity index (χ4v) is 4.58. The number of likely N-dealkylation sites (N-methyl/N-ethyl adjacent to an activating group) is 1. The second-order valence-corrected chi connectivity index (χ2v) is 8.15. The van der Waals surface area contributed by atoms with Gasteiger partial charge in [-0.05, 0) is 24.6 Å². The number of hydrogen-bond donors (Lipinski definition) is 0. The van der Waals surface area contributed by atoms with Crippen molar-refractivity contribution < 1.29 is 9.59 Å². The smallest absolute Gasteiger partial charge is 0.324 e. The molecule has 2 fully saturated rings. The van der Waals surface area contributed by atoms with Gasteiger partial charge in [0.05, 0.1) is 33.7 Å². The number of likely N-dealkylation sites (tertiary alicyclic amines) is 1. The van der Waals surface area contributed by atoms with Gasteiger partial charge >= 0.3 is 6.03 Å². The van der Waals surface area contributed by atoms with Crippen LogP contribution in [0.2, 0.25) is 0 Å². The first kappa shape index (κ1) is 17.2. The molecular weight excluding hydrogens is 376 g/mol. The Labute approximate surface area is 166 Å². The summed E-state index contributed by atoms with van der Waals surface area (Å²) in [7, 11) is 1.80. The van der Waals surface area contributed by atoms with E-state index in [2.05, 4.69) is 10.1 Å². The maximum atomic E-state index is 12.9. The molecule has 3 aromatic rings. The topological polar surface area (TPSA) is 74.6 Å². The summed E-state index contributed by atoms with van der Waals surface area (Å²) in [4.78, 5) is 34.7. The average molecular weight is 396 g/mol. The summed E-state index contributed by atoms with van der Waals surface area (Å²) in [5.41, 5.74) is 4.23. The van der Waals surface area contributed by atoms with Crippen LogP contribution in [0.3, 0.4) is 0 Å². The van der Waals surface area contributed by atoms with Crippen LogP contribution in [0.4, 0.5) is 10.5 Å². The van der Waals surface area contributed by atoms with Crippen molar-refractivity contribution in [2.75, 3.05) is 38.1 Å². The number of rotatable bonds is 3. The second-order valence-electron chi connectivity index (χ2n) is 7.26. The number of benzene rings is 1. The fourth-order valence-electron chi connectivity index (χ4n) is 3.87. The highest BCUT2D eigenvalue weighted by molar-refractivity contribution is 7.16. The maximum absolute atomic E-state index is 12.9. The van der Waals surface area contributed by atoms with E-state index in [4.69, 9.17) is 0 Å². The van der Waals surface area contributed by atoms with E-state index in [-0.39, 0.29) is 18.0 Å². The maximum Gasteiger partial charge on any atom is 0.324 e. The van der Waals surface area contributed by atoms with E-state index in [1.54, 1.807) is 39.9 Å². The molecule has 0 N–H and O–H groups in total. The molecule has 1 atom stereocenters. The van der Waals surface area contributed by atoms with Gasteiger partial charge in [0.15, 0.2) is 0 Å². The van der Waals surface area contributed by atoms with Crippen LogP contribution in [0, 0.1) is 0 Å². The third-order valence-electron chi connectivity index (χ3n) is 5.52. The molecule has 3 amide bonds. The van der Waals surface area contributed by atoms with Crippen molar-refractivity contribution in [1.29, 1.82) is 0 Å². The first-order valence-corrected chi connectivity index (χ1v) is 10.2. The van der Waals surface area contributed by atoms with Gasteiger partial charge in [0.25, 0.3) is 5.91 Å². The Morgan fingerprint density at radius 2 is 2.14 bits per heavy atom. The molecule has 144 valence electrons. The van der Waals surface area contributed by atoms with Crippen molar-refractivity contribution in [3.05, 3.63) is 41.7 Å². The summed E-state index contributed by atoms with van der Waals surface area (Å²) in [6, 6.07) is 5.79. The molecule has 2 aliphatic heterocycles. The van der Waals surface area contributed by atoms with Crippen LogP contribution in [-0.2, 0) is 0 Å². The van der Waals surface area contributed by atoms with Crippen molar-refractivity contribution in [2.24, 2.45) is 0 Å². The van der Waals surface area contributed by atoms with Crippen molar-refractivity contribution in [3.63, 3.8) is 0 Å². The Hall–Kier alpha value is -2.94. The molecule has 2 aromatic heterocycles. The summed E-state index contributed by atoms with van der Waals surface area (Å²) in [5, 5.41) is 4.46. The number of urea groups is 1. The van der Waals surface area contributed by atoms with Gasteiger partial charge < -0.3 is 9.80 Å². The Morgan fingerprint density at radius 1 is 1.25 bits per heavy atom. The number of carbonyl (C=O) groups is 2. The molecule has 5 rings (SSSR count). The van der Waals surface area contributed by atoms with Gasteiger partial charge in [-0.25, -0.2) is 9.78 Å². The number of anilines is 1. The van der Waals surface area contributed by atoms with Crippen LogP contribution >= 0.6 is 11.3 Å². The molecule has 28 heavy (non-hydrogen) atoms. The lowest BCUT2D eigenvalue weighted by Gasteiger charge is -2.17. The summed E-state index contributed by atoms with van der Waals surface area (Å²) in [5.74, 6) is 0.0431. The molecule has 1 unspecified atom stereocenters. The van der Waals surface area contributed by atoms with Crippen LogP contribution in [0.5, 0.6) is 0 Å². The molecule has 0 bridgehead atoms. The monoisotopic (exact) mass is 396 g/mol. The summed E-state index contributed by atoms with van der Waals surface area (Å²) in [6.45, 7) is 2.72. The Balaban J connectivity index is 1.29. The SMILES string of the molecule is CN1CCN(c2cnn(C3CCN(C(=O)c4ccc5ncsc5c4)C3)c2)C1=O. The quantitative estimate of drug-likeness (QED) is 0.682. The minimum Gasteiger partial charge on any atom is -0.336 e. The highest BCUT2D eigenvalue weighted by Crippen LogP contribution is 2.27. The van der Waals surface area contributed by atoms with Gasteiger partial charge in [0.1, 0.15) is 0 Å². The Bertz CT molecular complexity index is 1060. The van der Waals surface area contributed by atoms with Crippen molar-refractivity contribution in [2.45, 2.75) is 12.5 Å². The number of fused-ring (bicyclic) bond motifs is 1. The van der Waals surface area contributed by atoms with Crippen molar-refractivity contribution >= 4 is 39.2 Å². The first-order valence-electron chi connectivity index (χ1n) is 9.29. The zero-order valence-electron chi connectivity index (χ0n) is 15.5. The summed E-state index contributed by atoms with van der Waals surface area (Å²) < 4.78 is 2.92. The van der Waals surface area contributed by atoms with Gasteiger partial charge in [0.2, 0.25) is 0 Å². The Morgan fingerprint density at radius 3 is 2.96 bits per heavy atom. The van der Waals surface area contributed by atoms with Gasteiger partial charge in [-0.1, -0.05) is 0 Å². The molecule has 8 nitrogen and oxygen atoms in total. The molecule has 0 aliphatic carbocycles. The Kier molecular flexibility index (Phi) is 4.04. The first-order chi connectivity index (χ1) is 13.6. The molecule has 0 spiro atoms. The predicted octanol–water partition coefficient (Wildman–Crippen LogP) is 2.45. The van der Waals surface area contributed by atoms with Crippen LogP contribution in [0.1, 0.15) is 22.8 Å². The fraction of sp³-hybridized carbons (Fsp3) is 0.368. The van der Waals surface area contributed by atoms with Crippen molar-refractivity contribution in [1.82, 2.24) is 24.6 Å². The number of aromatic nitrogens is 3. The summed E-state index contributed by atoms with van der Waals surface area (Å²) >= 11 is 1.54. The molecule has 4 heterocycles. The molecule has 1 aromatic carbocycles. The van der Waals surface area contributed by atoms with E-state index in [0.29, 0.717) is 25.2 Å². The lowest BCUT2D eigenvalue weighted by atomic mass is 10.2. The number of carbonyl (C=O) groups excluding carboxylic acids is 2. The van der Waals surface area contributed by atoms with Crippen LogP contribution in [0.15, 0.2) is 36.1 Å². The highest BCUT2D eigenvalue weighted by atomic mass is 32.1. The zero-order valence-corrected chi connectivity index (χ0v) is 16.3. The van der Waals surface area contributed by atoms with E-state index < -0.39 is 0 Å². The molecule has 2 saturated heterocycles. The van der Waals surface area contributed by atoms with Gasteiger partial charge in [-0.3, -0.25) is 14.4 Å². The lowest BCUT2D eigenvalue weighted by molar-refractivity contribution is 0.0787. The van der Waals surface area contributed by atoms with Gasteiger partial charge in [-0.15, -0.1) is 11.3 Å². The molecule has 2 aliphatic rings. The van der Waals surface area contributed by atoms with Gasteiger partial charge in [-0.2, -0.15) is 5.10 Å². The number of hydrogen-bond acceptors (Lipinski definition) is 5. The molecule has 0 saturated carbocycles. The molecular formula is C19H20N6O2S. The van der Waals surface area contributed by atoms with Crippen LogP contribution < -0.4 is 4.90 Å². The second kappa shape index (κ2) is 6.59. The third-order valence-corrected chi connectivity index (χ3v) is 6.31. The minimum atomic E-state index is 0.00114. The number of thiazole rings is 1. The van der Waals surface area contributed by atoms with E-state index >= 15 is 0 Å². The number of amides is 3. The zero-order chi connectivity index (χ0) is 19.3. The predicted molar refractivity (Wildman–Crippen MR) is 107 cm³/mol. The third kappa shape index (κ3) is 2.82. The molecule has 9 heteroatoms.